The van der Waals surface area contributed by atoms with Gasteiger partial charge in [0, 0.05) is 44.9 Å². The summed E-state index contributed by atoms with van der Waals surface area (Å²) in [5.74, 6) is -0.637. The highest BCUT2D eigenvalue weighted by Gasteiger charge is 2.34. The summed E-state index contributed by atoms with van der Waals surface area (Å²) in [5.41, 5.74) is 13.3. The first-order valence-corrected chi connectivity index (χ1v) is 12.5. The molecule has 0 spiro atoms. The Balaban J connectivity index is 0.00000441. The number of hydrogen-bond acceptors (Lipinski definition) is 6. The van der Waals surface area contributed by atoms with Crippen molar-refractivity contribution in [3.8, 4) is 11.5 Å². The zero-order valence-corrected chi connectivity index (χ0v) is 22.7. The summed E-state index contributed by atoms with van der Waals surface area (Å²) in [4.78, 5) is 26.5. The Bertz CT molecular complexity index is 1340. The normalized spacial score (nSPS) is 14.2. The molecule has 2 amide bonds. The number of hydrogen-bond donors (Lipinski definition) is 2. The number of alkyl halides is 3. The molecule has 218 valence electrons. The standard InChI is InChI=1S/C27H31F3N4O5.ClH/c1-37-12-11-34-15-21(19-3-2-4-23(25(19)34)39-27(28,29)30)26(36)33-9-7-18(8-10-33)20-13-17(14-31)5-6-22(20)38-16-24(32)35;/h2-6,13,15,18H,7-12,14,16,31H2,1H3,(H2,32,35);1H. The number of benzene rings is 2. The molecule has 0 atom stereocenters. The van der Waals surface area contributed by atoms with Crippen LogP contribution in [0.4, 0.5) is 13.2 Å². The minimum Gasteiger partial charge on any atom is -0.483 e. The molecule has 1 fully saturated rings. The highest BCUT2D eigenvalue weighted by atomic mass is 35.5. The fourth-order valence-corrected chi connectivity index (χ4v) is 4.96. The van der Waals surface area contributed by atoms with Crippen molar-refractivity contribution in [1.82, 2.24) is 9.47 Å². The number of amides is 2. The van der Waals surface area contributed by atoms with Crippen LogP contribution in [-0.2, 0) is 22.6 Å². The lowest BCUT2D eigenvalue weighted by Crippen LogP contribution is -2.38. The first-order valence-electron chi connectivity index (χ1n) is 12.5. The third-order valence-corrected chi connectivity index (χ3v) is 6.76. The molecule has 1 aliphatic rings. The van der Waals surface area contributed by atoms with Gasteiger partial charge in [0.2, 0.25) is 0 Å². The Kier molecular flexibility index (Phi) is 10.3. The van der Waals surface area contributed by atoms with Crippen LogP contribution < -0.4 is 20.9 Å². The number of carbonyl (C=O) groups excluding carboxylic acids is 2. The number of halogens is 4. The zero-order chi connectivity index (χ0) is 28.2. The van der Waals surface area contributed by atoms with Crippen molar-refractivity contribution < 1.29 is 37.0 Å². The number of primary amides is 1. The molecule has 1 aliphatic heterocycles. The van der Waals surface area contributed by atoms with E-state index in [1.165, 1.54) is 19.2 Å². The van der Waals surface area contributed by atoms with Crippen LogP contribution in [0, 0.1) is 0 Å². The second-order valence-electron chi connectivity index (χ2n) is 9.33. The maximum atomic E-state index is 13.6. The van der Waals surface area contributed by atoms with Crippen LogP contribution in [0.1, 0.15) is 40.2 Å². The van der Waals surface area contributed by atoms with Crippen molar-refractivity contribution in [2.75, 3.05) is 33.4 Å². The summed E-state index contributed by atoms with van der Waals surface area (Å²) >= 11 is 0. The third kappa shape index (κ3) is 7.18. The highest BCUT2D eigenvalue weighted by Crippen LogP contribution is 2.37. The molecule has 0 unspecified atom stereocenters. The lowest BCUT2D eigenvalue weighted by Gasteiger charge is -2.33. The number of piperidine rings is 1. The SMILES string of the molecule is COCCn1cc(C(=O)N2CCC(c3cc(CN)ccc3OCC(N)=O)CC2)c2cccc(OC(F)(F)F)c21.Cl. The molecule has 40 heavy (non-hydrogen) atoms. The van der Waals surface area contributed by atoms with E-state index in [-0.39, 0.29) is 55.3 Å². The van der Waals surface area contributed by atoms with E-state index in [0.717, 1.165) is 11.1 Å². The van der Waals surface area contributed by atoms with Crippen molar-refractivity contribution in [3.05, 3.63) is 59.3 Å². The predicted octanol–water partition coefficient (Wildman–Crippen LogP) is 3.95. The van der Waals surface area contributed by atoms with Crippen LogP contribution in [-0.4, -0.2) is 61.1 Å². The van der Waals surface area contributed by atoms with Gasteiger partial charge in [0.1, 0.15) is 5.75 Å². The number of likely N-dealkylation sites (tertiary alicyclic amines) is 1. The number of aromatic nitrogens is 1. The number of nitrogens with zero attached hydrogens (tertiary/aromatic N) is 2. The van der Waals surface area contributed by atoms with E-state index in [4.69, 9.17) is 20.9 Å². The Morgan fingerprint density at radius 3 is 2.45 bits per heavy atom. The lowest BCUT2D eigenvalue weighted by molar-refractivity contribution is -0.274. The minimum absolute atomic E-state index is 0. The van der Waals surface area contributed by atoms with Gasteiger partial charge in [-0.1, -0.05) is 24.3 Å². The summed E-state index contributed by atoms with van der Waals surface area (Å²) in [6, 6.07) is 9.83. The molecule has 2 heterocycles. The molecular weight excluding hydrogens is 553 g/mol. The number of methoxy groups -OCH3 is 1. The molecule has 1 saturated heterocycles. The van der Waals surface area contributed by atoms with Gasteiger partial charge < -0.3 is 35.1 Å². The zero-order valence-electron chi connectivity index (χ0n) is 21.9. The van der Waals surface area contributed by atoms with Gasteiger partial charge in [-0.15, -0.1) is 25.6 Å². The Hall–Kier alpha value is -3.48. The topological polar surface area (TPSA) is 122 Å². The monoisotopic (exact) mass is 584 g/mol. The number of rotatable bonds is 10. The van der Waals surface area contributed by atoms with Crippen LogP contribution in [0.3, 0.4) is 0 Å². The van der Waals surface area contributed by atoms with Crippen LogP contribution in [0.25, 0.3) is 10.9 Å². The summed E-state index contributed by atoms with van der Waals surface area (Å²) in [6.45, 7) is 1.43. The molecule has 4 N–H and O–H groups in total. The van der Waals surface area contributed by atoms with Gasteiger partial charge in [0.05, 0.1) is 17.7 Å². The quantitative estimate of drug-likeness (QED) is 0.372. The van der Waals surface area contributed by atoms with E-state index in [1.54, 1.807) is 27.8 Å². The van der Waals surface area contributed by atoms with Gasteiger partial charge in [0.15, 0.2) is 12.4 Å². The van der Waals surface area contributed by atoms with Gasteiger partial charge >= 0.3 is 6.36 Å². The Morgan fingerprint density at radius 2 is 1.82 bits per heavy atom. The number of fused-ring (bicyclic) bond motifs is 1. The van der Waals surface area contributed by atoms with E-state index >= 15 is 0 Å². The molecule has 13 heteroatoms. The van der Waals surface area contributed by atoms with Gasteiger partial charge in [-0.2, -0.15) is 0 Å². The first-order chi connectivity index (χ1) is 18.6. The van der Waals surface area contributed by atoms with Crippen LogP contribution in [0.15, 0.2) is 42.6 Å². The summed E-state index contributed by atoms with van der Waals surface area (Å²) < 4.78 is 55.8. The molecular formula is C27H32ClF3N4O5. The molecule has 4 rings (SSSR count). The van der Waals surface area contributed by atoms with E-state index < -0.39 is 12.3 Å². The fraction of sp³-hybridized carbons (Fsp3) is 0.407. The Morgan fingerprint density at radius 1 is 1.10 bits per heavy atom. The summed E-state index contributed by atoms with van der Waals surface area (Å²) in [7, 11) is 1.49. The Labute approximate surface area is 235 Å². The number of ether oxygens (including phenoxy) is 3. The summed E-state index contributed by atoms with van der Waals surface area (Å²) in [5, 5.41) is 0.373. The largest absolute Gasteiger partial charge is 0.573 e. The van der Waals surface area contributed by atoms with Crippen molar-refractivity contribution >= 4 is 35.1 Å². The van der Waals surface area contributed by atoms with E-state index in [1.807, 2.05) is 12.1 Å². The van der Waals surface area contributed by atoms with Crippen molar-refractivity contribution in [1.29, 1.82) is 0 Å². The van der Waals surface area contributed by atoms with Crippen LogP contribution in [0.5, 0.6) is 11.5 Å². The number of nitrogens with two attached hydrogens (primary N) is 2. The summed E-state index contributed by atoms with van der Waals surface area (Å²) in [6.07, 6.45) is -2.07. The lowest BCUT2D eigenvalue weighted by atomic mass is 9.87. The molecule has 2 aromatic carbocycles. The average Bonchev–Trinajstić information content (AvgIpc) is 3.29. The number of carbonyl (C=O) groups is 2. The van der Waals surface area contributed by atoms with Gasteiger partial charge in [-0.25, -0.2) is 0 Å². The van der Waals surface area contributed by atoms with Gasteiger partial charge in [-0.05, 0) is 42.0 Å². The maximum Gasteiger partial charge on any atom is 0.573 e. The number of para-hydroxylation sites is 1. The van der Waals surface area contributed by atoms with Crippen LogP contribution in [0.2, 0.25) is 0 Å². The van der Waals surface area contributed by atoms with Crippen molar-refractivity contribution in [2.24, 2.45) is 11.5 Å². The predicted molar refractivity (Wildman–Crippen MR) is 145 cm³/mol. The molecule has 0 radical (unpaired) electrons. The van der Waals surface area contributed by atoms with Crippen molar-refractivity contribution in [2.45, 2.75) is 38.2 Å². The first kappa shape index (κ1) is 31.1. The molecule has 0 saturated carbocycles. The maximum absolute atomic E-state index is 13.6. The molecule has 3 aromatic rings. The van der Waals surface area contributed by atoms with E-state index in [9.17, 15) is 22.8 Å². The van der Waals surface area contributed by atoms with Crippen LogP contribution >= 0.6 is 12.4 Å². The fourth-order valence-electron chi connectivity index (χ4n) is 4.96. The second kappa shape index (κ2) is 13.2. The van der Waals surface area contributed by atoms with Crippen molar-refractivity contribution in [3.63, 3.8) is 0 Å². The highest BCUT2D eigenvalue weighted by molar-refractivity contribution is 6.08. The van der Waals surface area contributed by atoms with Gasteiger partial charge in [-0.3, -0.25) is 9.59 Å². The molecule has 0 aliphatic carbocycles. The average molecular weight is 585 g/mol. The molecule has 9 nitrogen and oxygen atoms in total. The van der Waals surface area contributed by atoms with E-state index in [2.05, 4.69) is 4.74 Å². The van der Waals surface area contributed by atoms with Gasteiger partial charge in [0.25, 0.3) is 11.8 Å². The smallest absolute Gasteiger partial charge is 0.483 e. The molecule has 1 aromatic heterocycles. The molecule has 0 bridgehead atoms. The minimum atomic E-state index is -4.88. The van der Waals surface area contributed by atoms with E-state index in [0.29, 0.717) is 49.2 Å². The third-order valence-electron chi connectivity index (χ3n) is 6.76. The second-order valence-corrected chi connectivity index (χ2v) is 9.33.